The number of morpholine rings is 1. The minimum atomic E-state index is -1.46. The predicted octanol–water partition coefficient (Wildman–Crippen LogP) is 3.40. The number of carbonyl (C=O) groups excluding carboxylic acids is 2. The van der Waals surface area contributed by atoms with Crippen LogP contribution in [0.2, 0.25) is 0 Å². The first-order valence-electron chi connectivity index (χ1n) is 12.1. The number of ether oxygens (including phenoxy) is 2. The number of benzene rings is 2. The molecule has 0 aromatic heterocycles. The monoisotopic (exact) mass is 478 g/mol. The van der Waals surface area contributed by atoms with Crippen LogP contribution in [0, 0.1) is 5.92 Å². The van der Waals surface area contributed by atoms with E-state index in [1.807, 2.05) is 24.3 Å². The second-order valence-electron chi connectivity index (χ2n) is 9.78. The Hall–Kier alpha value is -3.39. The highest BCUT2D eigenvalue weighted by Gasteiger charge is 2.44. The summed E-state index contributed by atoms with van der Waals surface area (Å²) in [6.07, 6.45) is 2.03. The Balaban J connectivity index is 1.26. The Kier molecular flexibility index (Phi) is 6.23. The third-order valence-corrected chi connectivity index (χ3v) is 7.54. The number of amides is 2. The Morgan fingerprint density at radius 1 is 1.11 bits per heavy atom. The molecule has 2 N–H and O–H groups in total. The number of carboxylic acid groups (broad SMARTS) is 1. The van der Waals surface area contributed by atoms with Gasteiger partial charge >= 0.3 is 12.1 Å². The zero-order chi connectivity index (χ0) is 24.6. The highest BCUT2D eigenvalue weighted by atomic mass is 16.5. The van der Waals surface area contributed by atoms with Crippen molar-refractivity contribution >= 4 is 18.0 Å². The predicted molar refractivity (Wildman–Crippen MR) is 128 cm³/mol. The molecule has 2 aliphatic carbocycles. The van der Waals surface area contributed by atoms with Crippen LogP contribution in [0.25, 0.3) is 11.1 Å². The fraction of sp³-hybridized carbons (Fsp3) is 0.444. The first-order valence-corrected chi connectivity index (χ1v) is 12.1. The molecule has 3 aliphatic rings. The number of carboxylic acids is 1. The van der Waals surface area contributed by atoms with Gasteiger partial charge in [0.05, 0.1) is 13.2 Å². The van der Waals surface area contributed by atoms with Gasteiger partial charge in [0, 0.05) is 12.5 Å². The number of nitrogens with zero attached hydrogens (tertiary/aromatic N) is 1. The van der Waals surface area contributed by atoms with Gasteiger partial charge in [-0.2, -0.15) is 0 Å². The van der Waals surface area contributed by atoms with Crippen molar-refractivity contribution in [3.05, 3.63) is 59.7 Å². The van der Waals surface area contributed by atoms with Crippen molar-refractivity contribution in [3.63, 3.8) is 0 Å². The SMILES string of the molecule is CC1(C(=O)O)CN(C(=O)C(NC(=O)OCC2c3ccccc3-c3ccccc32)C2CCC2)CCO1. The molecule has 2 amide bonds. The molecule has 184 valence electrons. The van der Waals surface area contributed by atoms with Crippen molar-refractivity contribution in [2.24, 2.45) is 5.92 Å². The van der Waals surface area contributed by atoms with E-state index in [1.54, 1.807) is 0 Å². The van der Waals surface area contributed by atoms with Crippen molar-refractivity contribution in [2.75, 3.05) is 26.3 Å². The topological polar surface area (TPSA) is 105 Å². The van der Waals surface area contributed by atoms with Gasteiger partial charge in [0.15, 0.2) is 5.60 Å². The molecule has 2 aromatic carbocycles. The van der Waals surface area contributed by atoms with Crippen LogP contribution < -0.4 is 5.32 Å². The lowest BCUT2D eigenvalue weighted by molar-refractivity contribution is -0.178. The Morgan fingerprint density at radius 3 is 2.31 bits per heavy atom. The van der Waals surface area contributed by atoms with Crippen LogP contribution in [-0.2, 0) is 19.1 Å². The lowest BCUT2D eigenvalue weighted by Crippen LogP contribution is -2.61. The second kappa shape index (κ2) is 9.34. The maximum Gasteiger partial charge on any atom is 0.407 e. The van der Waals surface area contributed by atoms with Crippen LogP contribution in [0.15, 0.2) is 48.5 Å². The van der Waals surface area contributed by atoms with E-state index in [0.29, 0.717) is 0 Å². The zero-order valence-electron chi connectivity index (χ0n) is 19.7. The van der Waals surface area contributed by atoms with Crippen molar-refractivity contribution in [2.45, 2.75) is 43.7 Å². The molecule has 0 radical (unpaired) electrons. The maximum absolute atomic E-state index is 13.4. The zero-order valence-corrected chi connectivity index (χ0v) is 19.7. The van der Waals surface area contributed by atoms with Gasteiger partial charge in [0.25, 0.3) is 0 Å². The molecule has 1 heterocycles. The molecular formula is C27H30N2O6. The average Bonchev–Trinajstić information content (AvgIpc) is 3.14. The molecule has 2 unspecified atom stereocenters. The average molecular weight is 479 g/mol. The van der Waals surface area contributed by atoms with Crippen LogP contribution in [0.4, 0.5) is 4.79 Å². The van der Waals surface area contributed by atoms with Crippen molar-refractivity contribution < 1.29 is 29.0 Å². The number of hydrogen-bond donors (Lipinski definition) is 2. The van der Waals surface area contributed by atoms with Gasteiger partial charge in [-0.05, 0) is 47.9 Å². The molecule has 2 aromatic rings. The summed E-state index contributed by atoms with van der Waals surface area (Å²) in [7, 11) is 0. The van der Waals surface area contributed by atoms with E-state index in [1.165, 1.54) is 11.8 Å². The van der Waals surface area contributed by atoms with Crippen LogP contribution in [0.5, 0.6) is 0 Å². The summed E-state index contributed by atoms with van der Waals surface area (Å²) in [5.41, 5.74) is 3.08. The molecule has 1 aliphatic heterocycles. The van der Waals surface area contributed by atoms with Gasteiger partial charge in [0.2, 0.25) is 5.91 Å². The lowest BCUT2D eigenvalue weighted by atomic mass is 9.79. The van der Waals surface area contributed by atoms with Gasteiger partial charge < -0.3 is 24.8 Å². The molecule has 2 atom stereocenters. The van der Waals surface area contributed by atoms with E-state index in [2.05, 4.69) is 29.6 Å². The molecule has 2 fully saturated rings. The minimum absolute atomic E-state index is 0.0157. The van der Waals surface area contributed by atoms with E-state index in [9.17, 15) is 19.5 Å². The summed E-state index contributed by atoms with van der Waals surface area (Å²) in [6.45, 7) is 2.00. The van der Waals surface area contributed by atoms with Crippen LogP contribution in [-0.4, -0.2) is 65.9 Å². The number of carbonyl (C=O) groups is 3. The number of rotatable bonds is 6. The van der Waals surface area contributed by atoms with E-state index in [-0.39, 0.29) is 44.0 Å². The summed E-state index contributed by atoms with van der Waals surface area (Å²) in [4.78, 5) is 39.4. The third-order valence-electron chi connectivity index (χ3n) is 7.54. The highest BCUT2D eigenvalue weighted by molar-refractivity contribution is 5.87. The highest BCUT2D eigenvalue weighted by Crippen LogP contribution is 2.44. The molecule has 8 nitrogen and oxygen atoms in total. The summed E-state index contributed by atoms with van der Waals surface area (Å²) >= 11 is 0. The molecule has 1 saturated carbocycles. The van der Waals surface area contributed by atoms with Gasteiger partial charge in [-0.15, -0.1) is 0 Å². The molecule has 0 bridgehead atoms. The molecule has 0 spiro atoms. The largest absolute Gasteiger partial charge is 0.479 e. The van der Waals surface area contributed by atoms with E-state index < -0.39 is 23.7 Å². The quantitative estimate of drug-likeness (QED) is 0.659. The van der Waals surface area contributed by atoms with Gasteiger partial charge in [-0.1, -0.05) is 55.0 Å². The number of fused-ring (bicyclic) bond motifs is 3. The number of hydrogen-bond acceptors (Lipinski definition) is 5. The minimum Gasteiger partial charge on any atom is -0.479 e. The Morgan fingerprint density at radius 2 is 1.74 bits per heavy atom. The molecule has 35 heavy (non-hydrogen) atoms. The maximum atomic E-state index is 13.4. The summed E-state index contributed by atoms with van der Waals surface area (Å²) in [6, 6.07) is 15.5. The fourth-order valence-electron chi connectivity index (χ4n) is 5.31. The van der Waals surface area contributed by atoms with Gasteiger partial charge in [0.1, 0.15) is 12.6 Å². The summed E-state index contributed by atoms with van der Waals surface area (Å²) < 4.78 is 11.1. The lowest BCUT2D eigenvalue weighted by Gasteiger charge is -2.41. The van der Waals surface area contributed by atoms with Crippen LogP contribution >= 0.6 is 0 Å². The molecule has 1 saturated heterocycles. The van der Waals surface area contributed by atoms with E-state index >= 15 is 0 Å². The van der Waals surface area contributed by atoms with Crippen molar-refractivity contribution in [3.8, 4) is 11.1 Å². The van der Waals surface area contributed by atoms with Crippen LogP contribution in [0.1, 0.15) is 43.2 Å². The summed E-state index contributed by atoms with van der Waals surface area (Å²) in [5.74, 6) is -1.44. The third kappa shape index (κ3) is 4.38. The van der Waals surface area contributed by atoms with Gasteiger partial charge in [-0.3, -0.25) is 4.79 Å². The first-order chi connectivity index (χ1) is 16.9. The van der Waals surface area contributed by atoms with Crippen molar-refractivity contribution in [1.82, 2.24) is 10.2 Å². The fourth-order valence-corrected chi connectivity index (χ4v) is 5.31. The standard InChI is InChI=1S/C27H30N2O6/c1-27(25(31)32)16-29(13-14-35-27)24(30)23(17-7-6-8-17)28-26(33)34-15-22-20-11-4-2-9-18(20)19-10-3-5-12-21(19)22/h2-5,9-12,17,22-23H,6-8,13-16H2,1H3,(H,28,33)(H,31,32). The number of aliphatic carboxylic acids is 1. The molecule has 8 heteroatoms. The van der Waals surface area contributed by atoms with E-state index in [0.717, 1.165) is 41.5 Å². The molecule has 5 rings (SSSR count). The Bertz CT molecular complexity index is 1100. The smallest absolute Gasteiger partial charge is 0.407 e. The van der Waals surface area contributed by atoms with Crippen LogP contribution in [0.3, 0.4) is 0 Å². The summed E-state index contributed by atoms with van der Waals surface area (Å²) in [5, 5.41) is 12.3. The molecular weight excluding hydrogens is 448 g/mol. The van der Waals surface area contributed by atoms with Crippen molar-refractivity contribution in [1.29, 1.82) is 0 Å². The van der Waals surface area contributed by atoms with E-state index in [4.69, 9.17) is 9.47 Å². The number of alkyl carbamates (subject to hydrolysis) is 1. The second-order valence-corrected chi connectivity index (χ2v) is 9.78. The number of nitrogens with one attached hydrogen (secondary N) is 1. The Labute approximate surface area is 204 Å². The normalized spacial score (nSPS) is 22.5. The first kappa shape index (κ1) is 23.4. The van der Waals surface area contributed by atoms with Gasteiger partial charge in [-0.25, -0.2) is 9.59 Å².